The molecule has 0 saturated heterocycles. The number of carbonyl (C=O) groups is 2. The zero-order valence-corrected chi connectivity index (χ0v) is 14.1. The molecule has 0 aromatic rings. The highest BCUT2D eigenvalue weighted by atomic mass is 33.1. The topological polar surface area (TPSA) is 72.2 Å². The number of amides is 2. The lowest BCUT2D eigenvalue weighted by Crippen LogP contribution is -2.31. The van der Waals surface area contributed by atoms with Crippen LogP contribution in [-0.4, -0.2) is 17.6 Å². The second kappa shape index (κ2) is 15.0. The van der Waals surface area contributed by atoms with Crippen molar-refractivity contribution in [1.29, 1.82) is 0 Å². The first-order valence-electron chi connectivity index (χ1n) is 7.56. The van der Waals surface area contributed by atoms with Crippen molar-refractivity contribution < 1.29 is 9.59 Å². The summed E-state index contributed by atoms with van der Waals surface area (Å²) in [7, 11) is 2.74. The van der Waals surface area contributed by atoms with Crippen LogP contribution in [0.15, 0.2) is 0 Å². The highest BCUT2D eigenvalue weighted by molar-refractivity contribution is 8.76. The molecule has 20 heavy (non-hydrogen) atoms. The minimum absolute atomic E-state index is 0.731. The van der Waals surface area contributed by atoms with E-state index in [9.17, 15) is 9.59 Å². The number of primary amides is 1. The number of hydrogen-bond donors (Lipinski definition) is 2. The Labute approximate surface area is 130 Å². The normalized spacial score (nSPS) is 10.4. The summed E-state index contributed by atoms with van der Waals surface area (Å²) in [5.41, 5.74) is 4.81. The third-order valence-electron chi connectivity index (χ3n) is 3.00. The van der Waals surface area contributed by atoms with Crippen LogP contribution in [0.4, 0.5) is 0 Å². The Hall–Kier alpha value is -0.360. The van der Waals surface area contributed by atoms with Crippen molar-refractivity contribution in [2.24, 2.45) is 5.73 Å². The molecule has 0 bridgehead atoms. The van der Waals surface area contributed by atoms with Gasteiger partial charge in [-0.2, -0.15) is 0 Å². The van der Waals surface area contributed by atoms with Gasteiger partial charge in [0, 0.05) is 16.7 Å². The minimum Gasteiger partial charge on any atom is -0.361 e. The van der Waals surface area contributed by atoms with E-state index >= 15 is 0 Å². The fourth-order valence-corrected chi connectivity index (χ4v) is 3.46. The van der Waals surface area contributed by atoms with Crippen LogP contribution in [0.25, 0.3) is 0 Å². The van der Waals surface area contributed by atoms with Gasteiger partial charge in [-0.1, -0.05) is 75.5 Å². The van der Waals surface area contributed by atoms with Crippen molar-refractivity contribution in [3.63, 3.8) is 0 Å². The van der Waals surface area contributed by atoms with Crippen LogP contribution in [0.1, 0.15) is 71.1 Å². The molecule has 0 atom stereocenters. The van der Waals surface area contributed by atoms with Crippen molar-refractivity contribution in [2.45, 2.75) is 71.1 Å². The SMILES string of the molecule is CCCCCCCCCCCCSSNC(=O)C(N)=O. The van der Waals surface area contributed by atoms with Crippen molar-refractivity contribution in [3.05, 3.63) is 0 Å². The standard InChI is InChI=1S/C14H28N2O2S2/c1-2-3-4-5-6-7-8-9-10-11-12-19-20-16-14(18)13(15)17/h2-12H2,1H3,(H2,15,17)(H,16,18). The molecular weight excluding hydrogens is 292 g/mol. The number of nitrogens with two attached hydrogens (primary N) is 1. The van der Waals surface area contributed by atoms with Crippen LogP contribution in [0, 0.1) is 0 Å². The van der Waals surface area contributed by atoms with Gasteiger partial charge in [0.15, 0.2) is 0 Å². The molecule has 2 amide bonds. The van der Waals surface area contributed by atoms with E-state index in [0.717, 1.165) is 12.2 Å². The van der Waals surface area contributed by atoms with Crippen LogP contribution in [0.5, 0.6) is 0 Å². The molecule has 0 aliphatic carbocycles. The van der Waals surface area contributed by atoms with Crippen LogP contribution in [-0.2, 0) is 9.59 Å². The van der Waals surface area contributed by atoms with E-state index < -0.39 is 11.8 Å². The van der Waals surface area contributed by atoms with Crippen molar-refractivity contribution in [2.75, 3.05) is 5.75 Å². The summed E-state index contributed by atoms with van der Waals surface area (Å²) >= 11 is 0. The number of carbonyl (C=O) groups excluding carboxylic acids is 2. The molecule has 0 aromatic carbocycles. The molecule has 0 rings (SSSR count). The highest BCUT2D eigenvalue weighted by Gasteiger charge is 2.07. The molecule has 3 N–H and O–H groups in total. The Morgan fingerprint density at radius 1 is 0.900 bits per heavy atom. The molecule has 0 heterocycles. The molecule has 0 spiro atoms. The number of nitrogens with one attached hydrogen (secondary N) is 1. The van der Waals surface area contributed by atoms with Gasteiger partial charge in [0.05, 0.1) is 0 Å². The van der Waals surface area contributed by atoms with Gasteiger partial charge in [-0.05, 0) is 6.42 Å². The number of hydrogen-bond acceptors (Lipinski definition) is 4. The molecule has 0 aliphatic rings. The van der Waals surface area contributed by atoms with E-state index in [1.54, 1.807) is 10.8 Å². The van der Waals surface area contributed by atoms with Crippen molar-refractivity contribution >= 4 is 33.6 Å². The van der Waals surface area contributed by atoms with Gasteiger partial charge in [0.25, 0.3) is 0 Å². The Morgan fingerprint density at radius 3 is 1.90 bits per heavy atom. The molecule has 4 nitrogen and oxygen atoms in total. The number of rotatable bonds is 13. The van der Waals surface area contributed by atoms with E-state index in [-0.39, 0.29) is 0 Å². The maximum absolute atomic E-state index is 10.8. The average molecular weight is 321 g/mol. The molecular formula is C14H28N2O2S2. The lowest BCUT2D eigenvalue weighted by atomic mass is 10.1. The van der Waals surface area contributed by atoms with Crippen LogP contribution in [0.3, 0.4) is 0 Å². The van der Waals surface area contributed by atoms with Crippen molar-refractivity contribution in [1.82, 2.24) is 4.72 Å². The predicted octanol–water partition coefficient (Wildman–Crippen LogP) is 3.81. The summed E-state index contributed by atoms with van der Waals surface area (Å²) in [5.74, 6) is -0.678. The Kier molecular flexibility index (Phi) is 14.8. The zero-order chi connectivity index (χ0) is 15.1. The predicted molar refractivity (Wildman–Crippen MR) is 89.2 cm³/mol. The monoisotopic (exact) mass is 320 g/mol. The lowest BCUT2D eigenvalue weighted by Gasteiger charge is -2.03. The van der Waals surface area contributed by atoms with Gasteiger partial charge < -0.3 is 5.73 Å². The minimum atomic E-state index is -0.933. The van der Waals surface area contributed by atoms with E-state index in [0.29, 0.717) is 0 Å². The zero-order valence-electron chi connectivity index (χ0n) is 12.5. The quantitative estimate of drug-likeness (QED) is 0.234. The summed E-state index contributed by atoms with van der Waals surface area (Å²) in [5, 5.41) is 0. The molecule has 0 aromatic heterocycles. The summed E-state index contributed by atoms with van der Waals surface area (Å²) in [6, 6.07) is 0. The maximum Gasteiger partial charge on any atom is 0.319 e. The van der Waals surface area contributed by atoms with Crippen LogP contribution >= 0.6 is 21.8 Å². The first kappa shape index (κ1) is 19.6. The van der Waals surface area contributed by atoms with Crippen LogP contribution < -0.4 is 10.5 Å². The fraction of sp³-hybridized carbons (Fsp3) is 0.857. The molecule has 0 radical (unpaired) electrons. The first-order chi connectivity index (χ1) is 9.68. The average Bonchev–Trinajstić information content (AvgIpc) is 2.43. The first-order valence-corrected chi connectivity index (χ1v) is 9.88. The molecule has 0 fully saturated rings. The molecule has 0 saturated carbocycles. The van der Waals surface area contributed by atoms with Crippen molar-refractivity contribution in [3.8, 4) is 0 Å². The van der Waals surface area contributed by atoms with Crippen LogP contribution in [0.2, 0.25) is 0 Å². The Morgan fingerprint density at radius 2 is 1.40 bits per heavy atom. The molecule has 0 aliphatic heterocycles. The van der Waals surface area contributed by atoms with E-state index in [1.807, 2.05) is 0 Å². The highest BCUT2D eigenvalue weighted by Crippen LogP contribution is 2.19. The van der Waals surface area contributed by atoms with Gasteiger partial charge in [-0.25, -0.2) is 0 Å². The second-order valence-electron chi connectivity index (χ2n) is 4.88. The van der Waals surface area contributed by atoms with Gasteiger partial charge in [-0.3, -0.25) is 14.3 Å². The second-order valence-corrected chi connectivity index (χ2v) is 7.10. The third-order valence-corrected chi connectivity index (χ3v) is 4.94. The lowest BCUT2D eigenvalue weighted by molar-refractivity contribution is -0.136. The van der Waals surface area contributed by atoms with Gasteiger partial charge in [0.2, 0.25) is 0 Å². The third kappa shape index (κ3) is 14.1. The summed E-state index contributed by atoms with van der Waals surface area (Å²) < 4.78 is 2.38. The van der Waals surface area contributed by atoms with Gasteiger partial charge in [0.1, 0.15) is 0 Å². The van der Waals surface area contributed by atoms with Gasteiger partial charge in [-0.15, -0.1) is 0 Å². The number of unbranched alkanes of at least 4 members (excludes halogenated alkanes) is 9. The summed E-state index contributed by atoms with van der Waals surface area (Å²) in [6.07, 6.45) is 13.2. The largest absolute Gasteiger partial charge is 0.361 e. The Bertz CT molecular complexity index is 264. The Balaban J connectivity index is 3.06. The van der Waals surface area contributed by atoms with E-state index in [4.69, 9.17) is 5.73 Å². The molecule has 118 valence electrons. The summed E-state index contributed by atoms with van der Waals surface area (Å²) in [6.45, 7) is 2.25. The fourth-order valence-electron chi connectivity index (χ4n) is 1.81. The molecule has 6 heteroatoms. The smallest absolute Gasteiger partial charge is 0.319 e. The maximum atomic E-state index is 10.8. The van der Waals surface area contributed by atoms with E-state index in [2.05, 4.69) is 11.6 Å². The molecule has 0 unspecified atom stereocenters. The van der Waals surface area contributed by atoms with E-state index in [1.165, 1.54) is 68.8 Å². The summed E-state index contributed by atoms with van der Waals surface area (Å²) in [4.78, 5) is 21.3. The van der Waals surface area contributed by atoms with Gasteiger partial charge >= 0.3 is 11.8 Å².